The van der Waals surface area contributed by atoms with Gasteiger partial charge in [-0.1, -0.05) is 18.9 Å². The standard InChI is InChI=1S/C16H22N2O2S/c19-15(17-10-11-4-3-9-21-11)18-13-12-5-8-20-14(12)16(13)6-1-2-7-16/h3-4,9,12-14H,1-2,5-8,10H2,(H2,17,18,19)/t12-,13-,14+/m1/s1. The van der Waals surface area contributed by atoms with Crippen LogP contribution in [0.1, 0.15) is 37.0 Å². The van der Waals surface area contributed by atoms with Crippen LogP contribution in [0.3, 0.4) is 0 Å². The van der Waals surface area contributed by atoms with Crippen LogP contribution in [0, 0.1) is 11.3 Å². The Hall–Kier alpha value is -1.07. The summed E-state index contributed by atoms with van der Waals surface area (Å²) in [5.74, 6) is 0.538. The number of thiophene rings is 1. The molecule has 0 unspecified atom stereocenters. The molecule has 21 heavy (non-hydrogen) atoms. The van der Waals surface area contributed by atoms with Crippen molar-refractivity contribution in [1.82, 2.24) is 10.6 Å². The highest BCUT2D eigenvalue weighted by Gasteiger charge is 2.65. The summed E-state index contributed by atoms with van der Waals surface area (Å²) in [6.07, 6.45) is 6.49. The van der Waals surface area contributed by atoms with E-state index in [1.165, 1.54) is 30.6 Å². The number of hydrogen-bond donors (Lipinski definition) is 2. The molecule has 2 amide bonds. The minimum atomic E-state index is -0.0231. The summed E-state index contributed by atoms with van der Waals surface area (Å²) >= 11 is 1.68. The number of nitrogens with one attached hydrogen (secondary N) is 2. The highest BCUT2D eigenvalue weighted by atomic mass is 32.1. The zero-order chi connectivity index (χ0) is 14.3. The van der Waals surface area contributed by atoms with Gasteiger partial charge < -0.3 is 15.4 Å². The molecule has 2 aliphatic carbocycles. The smallest absolute Gasteiger partial charge is 0.315 e. The molecule has 3 fully saturated rings. The molecular weight excluding hydrogens is 284 g/mol. The molecule has 3 atom stereocenters. The summed E-state index contributed by atoms with van der Waals surface area (Å²) < 4.78 is 5.95. The van der Waals surface area contributed by atoms with Gasteiger partial charge in [0, 0.05) is 28.9 Å². The average Bonchev–Trinajstić information content (AvgIpc) is 3.22. The molecule has 2 heterocycles. The molecule has 2 saturated carbocycles. The van der Waals surface area contributed by atoms with Crippen molar-refractivity contribution in [3.63, 3.8) is 0 Å². The Labute approximate surface area is 129 Å². The van der Waals surface area contributed by atoms with Gasteiger partial charge in [-0.3, -0.25) is 0 Å². The van der Waals surface area contributed by atoms with Gasteiger partial charge in [-0.05, 0) is 30.7 Å². The predicted molar refractivity (Wildman–Crippen MR) is 82.2 cm³/mol. The topological polar surface area (TPSA) is 50.4 Å². The van der Waals surface area contributed by atoms with E-state index in [1.807, 2.05) is 17.5 Å². The minimum absolute atomic E-state index is 0.0231. The van der Waals surface area contributed by atoms with Gasteiger partial charge in [0.05, 0.1) is 12.6 Å². The number of ether oxygens (including phenoxy) is 1. The third-order valence-electron chi connectivity index (χ3n) is 5.58. The molecule has 1 spiro atoms. The molecule has 4 rings (SSSR count). The van der Waals surface area contributed by atoms with Gasteiger partial charge >= 0.3 is 6.03 Å². The zero-order valence-corrected chi connectivity index (χ0v) is 13.0. The molecular formula is C16H22N2O2S. The zero-order valence-electron chi connectivity index (χ0n) is 12.1. The maximum absolute atomic E-state index is 12.2. The number of amides is 2. The first-order valence-corrected chi connectivity index (χ1v) is 8.86. The largest absolute Gasteiger partial charge is 0.377 e. The number of carbonyl (C=O) groups excluding carboxylic acids is 1. The summed E-state index contributed by atoms with van der Waals surface area (Å²) in [5, 5.41) is 8.28. The number of urea groups is 1. The van der Waals surface area contributed by atoms with Gasteiger partial charge in [0.2, 0.25) is 0 Å². The van der Waals surface area contributed by atoms with E-state index in [0.717, 1.165) is 13.0 Å². The van der Waals surface area contributed by atoms with Crippen LogP contribution in [-0.2, 0) is 11.3 Å². The molecule has 114 valence electrons. The van der Waals surface area contributed by atoms with Crippen LogP contribution in [0.2, 0.25) is 0 Å². The van der Waals surface area contributed by atoms with Crippen molar-refractivity contribution in [2.75, 3.05) is 6.61 Å². The van der Waals surface area contributed by atoms with Crippen LogP contribution in [-0.4, -0.2) is 24.8 Å². The van der Waals surface area contributed by atoms with Crippen molar-refractivity contribution in [2.24, 2.45) is 11.3 Å². The normalized spacial score (nSPS) is 32.7. The Bertz CT molecular complexity index is 510. The summed E-state index contributed by atoms with van der Waals surface area (Å²) in [5.41, 5.74) is 0.238. The van der Waals surface area contributed by atoms with Crippen LogP contribution in [0.15, 0.2) is 17.5 Å². The van der Waals surface area contributed by atoms with Gasteiger partial charge in [0.15, 0.2) is 0 Å². The van der Waals surface area contributed by atoms with Crippen molar-refractivity contribution < 1.29 is 9.53 Å². The number of carbonyl (C=O) groups is 1. The first kappa shape index (κ1) is 13.6. The first-order valence-electron chi connectivity index (χ1n) is 7.98. The average molecular weight is 306 g/mol. The summed E-state index contributed by atoms with van der Waals surface area (Å²) in [7, 11) is 0. The van der Waals surface area contributed by atoms with Crippen LogP contribution < -0.4 is 10.6 Å². The molecule has 2 N–H and O–H groups in total. The Balaban J connectivity index is 1.38. The maximum atomic E-state index is 12.2. The molecule has 0 bridgehead atoms. The molecule has 5 heteroatoms. The Morgan fingerprint density at radius 2 is 2.29 bits per heavy atom. The van der Waals surface area contributed by atoms with E-state index in [2.05, 4.69) is 10.6 Å². The Morgan fingerprint density at radius 3 is 3.05 bits per heavy atom. The van der Waals surface area contributed by atoms with E-state index >= 15 is 0 Å². The SMILES string of the molecule is O=C(NCc1cccs1)N[C@@H]1[C@H]2CCO[C@@H]2C12CCCC2. The summed E-state index contributed by atoms with van der Waals surface area (Å²) in [4.78, 5) is 13.4. The maximum Gasteiger partial charge on any atom is 0.315 e. The van der Waals surface area contributed by atoms with E-state index in [-0.39, 0.29) is 11.4 Å². The third-order valence-corrected chi connectivity index (χ3v) is 6.45. The lowest BCUT2D eigenvalue weighted by Crippen LogP contribution is -2.69. The second kappa shape index (κ2) is 5.29. The first-order chi connectivity index (χ1) is 10.3. The van der Waals surface area contributed by atoms with Gasteiger partial charge in [-0.2, -0.15) is 0 Å². The lowest BCUT2D eigenvalue weighted by atomic mass is 9.54. The lowest BCUT2D eigenvalue weighted by molar-refractivity contribution is -0.126. The van der Waals surface area contributed by atoms with E-state index in [1.54, 1.807) is 11.3 Å². The van der Waals surface area contributed by atoms with Crippen molar-refractivity contribution in [3.05, 3.63) is 22.4 Å². The van der Waals surface area contributed by atoms with Crippen LogP contribution >= 0.6 is 11.3 Å². The quantitative estimate of drug-likeness (QED) is 0.902. The van der Waals surface area contributed by atoms with Crippen molar-refractivity contribution in [3.8, 4) is 0 Å². The number of rotatable bonds is 3. The van der Waals surface area contributed by atoms with Gasteiger partial charge in [-0.25, -0.2) is 4.79 Å². The molecule has 0 radical (unpaired) electrons. The molecule has 1 aliphatic heterocycles. The van der Waals surface area contributed by atoms with E-state index in [0.29, 0.717) is 24.6 Å². The van der Waals surface area contributed by atoms with Crippen LogP contribution in [0.25, 0.3) is 0 Å². The van der Waals surface area contributed by atoms with Crippen LogP contribution in [0.4, 0.5) is 4.79 Å². The fourth-order valence-corrected chi connectivity index (χ4v) is 5.32. The highest BCUT2D eigenvalue weighted by Crippen LogP contribution is 2.60. The van der Waals surface area contributed by atoms with Crippen molar-refractivity contribution >= 4 is 17.4 Å². The van der Waals surface area contributed by atoms with E-state index in [4.69, 9.17) is 4.74 Å². The molecule has 1 aromatic rings. The Morgan fingerprint density at radius 1 is 1.43 bits per heavy atom. The molecule has 0 aromatic carbocycles. The van der Waals surface area contributed by atoms with Gasteiger partial charge in [0.25, 0.3) is 0 Å². The summed E-state index contributed by atoms with van der Waals surface area (Å²) in [6.45, 7) is 1.49. The second-order valence-corrected chi connectivity index (χ2v) is 7.60. The minimum Gasteiger partial charge on any atom is -0.377 e. The van der Waals surface area contributed by atoms with Gasteiger partial charge in [-0.15, -0.1) is 11.3 Å². The van der Waals surface area contributed by atoms with Crippen molar-refractivity contribution in [2.45, 2.75) is 50.8 Å². The van der Waals surface area contributed by atoms with E-state index in [9.17, 15) is 4.79 Å². The Kier molecular flexibility index (Phi) is 3.42. The molecule has 3 aliphatic rings. The predicted octanol–water partition coefficient (Wildman–Crippen LogP) is 2.90. The van der Waals surface area contributed by atoms with Crippen molar-refractivity contribution in [1.29, 1.82) is 0 Å². The third kappa shape index (κ3) is 2.18. The highest BCUT2D eigenvalue weighted by molar-refractivity contribution is 7.09. The fraction of sp³-hybridized carbons (Fsp3) is 0.688. The number of hydrogen-bond acceptors (Lipinski definition) is 3. The second-order valence-electron chi connectivity index (χ2n) is 6.57. The van der Waals surface area contributed by atoms with Gasteiger partial charge in [0.1, 0.15) is 0 Å². The number of fused-ring (bicyclic) bond motifs is 2. The molecule has 1 aromatic heterocycles. The summed E-state index contributed by atoms with van der Waals surface area (Å²) in [6, 6.07) is 4.36. The molecule has 1 saturated heterocycles. The fourth-order valence-electron chi connectivity index (χ4n) is 4.68. The van der Waals surface area contributed by atoms with E-state index < -0.39 is 0 Å². The van der Waals surface area contributed by atoms with Crippen LogP contribution in [0.5, 0.6) is 0 Å². The molecule has 4 nitrogen and oxygen atoms in total. The lowest BCUT2D eigenvalue weighted by Gasteiger charge is -2.56. The monoisotopic (exact) mass is 306 g/mol.